The predicted molar refractivity (Wildman–Crippen MR) is 60.5 cm³/mol. The third kappa shape index (κ3) is 2.29. The van der Waals surface area contributed by atoms with Crippen LogP contribution in [0.4, 0.5) is 0 Å². The molecule has 0 amide bonds. The Hall–Kier alpha value is -0.0800. The van der Waals surface area contributed by atoms with Gasteiger partial charge in [-0.1, -0.05) is 6.92 Å². The molecule has 0 aromatic heterocycles. The molecule has 2 fully saturated rings. The maximum atomic E-state index is 3.60. The van der Waals surface area contributed by atoms with E-state index in [9.17, 15) is 0 Å². The van der Waals surface area contributed by atoms with Crippen molar-refractivity contribution in [3.05, 3.63) is 0 Å². The number of hydrogen-bond acceptors (Lipinski definition) is 2. The number of nitrogens with zero attached hydrogens (tertiary/aromatic N) is 1. The lowest BCUT2D eigenvalue weighted by molar-refractivity contribution is 0.0884. The molecular formula is C12H24N2. The number of piperidine rings is 2. The summed E-state index contributed by atoms with van der Waals surface area (Å²) in [7, 11) is 0. The Morgan fingerprint density at radius 2 is 2.00 bits per heavy atom. The molecule has 0 spiro atoms. The van der Waals surface area contributed by atoms with Crippen molar-refractivity contribution in [1.29, 1.82) is 0 Å². The molecule has 2 saturated heterocycles. The van der Waals surface area contributed by atoms with Crippen molar-refractivity contribution in [2.24, 2.45) is 5.92 Å². The van der Waals surface area contributed by atoms with E-state index < -0.39 is 0 Å². The minimum Gasteiger partial charge on any atom is -0.313 e. The Labute approximate surface area is 88.1 Å². The van der Waals surface area contributed by atoms with Crippen LogP contribution < -0.4 is 5.32 Å². The molecule has 82 valence electrons. The first-order valence-electron chi connectivity index (χ1n) is 6.25. The fourth-order valence-corrected chi connectivity index (χ4v) is 3.05. The molecule has 0 aromatic carbocycles. The van der Waals surface area contributed by atoms with Crippen LogP contribution in [0.15, 0.2) is 0 Å². The van der Waals surface area contributed by atoms with Crippen molar-refractivity contribution in [3.8, 4) is 0 Å². The summed E-state index contributed by atoms with van der Waals surface area (Å²) in [6.07, 6.45) is 5.61. The second-order valence-electron chi connectivity index (χ2n) is 5.19. The van der Waals surface area contributed by atoms with E-state index in [2.05, 4.69) is 24.1 Å². The molecular weight excluding hydrogens is 172 g/mol. The number of rotatable bonds is 1. The van der Waals surface area contributed by atoms with Crippen LogP contribution in [0, 0.1) is 5.92 Å². The largest absolute Gasteiger partial charge is 0.313 e. The molecule has 3 unspecified atom stereocenters. The van der Waals surface area contributed by atoms with Gasteiger partial charge in [0.1, 0.15) is 0 Å². The van der Waals surface area contributed by atoms with E-state index in [0.717, 1.165) is 12.0 Å². The molecule has 2 heterocycles. The zero-order valence-corrected chi connectivity index (χ0v) is 9.63. The van der Waals surface area contributed by atoms with Crippen molar-refractivity contribution >= 4 is 0 Å². The molecule has 1 N–H and O–H groups in total. The van der Waals surface area contributed by atoms with Gasteiger partial charge >= 0.3 is 0 Å². The fraction of sp³-hybridized carbons (Fsp3) is 1.00. The first-order valence-corrected chi connectivity index (χ1v) is 6.25. The lowest BCUT2D eigenvalue weighted by Crippen LogP contribution is -2.54. The van der Waals surface area contributed by atoms with E-state index >= 15 is 0 Å². The molecule has 0 bridgehead atoms. The standard InChI is InChI=1S/C12H24N2/c1-10-5-4-8-14(9-10)12-6-3-7-13-11(12)2/h10-13H,3-9H2,1-2H3. The molecule has 2 nitrogen and oxygen atoms in total. The SMILES string of the molecule is CC1CCCN(C2CCCNC2C)C1. The van der Waals surface area contributed by atoms with Crippen LogP contribution in [0.5, 0.6) is 0 Å². The second kappa shape index (κ2) is 4.63. The zero-order chi connectivity index (χ0) is 9.97. The van der Waals surface area contributed by atoms with Crippen LogP contribution in [-0.2, 0) is 0 Å². The summed E-state index contributed by atoms with van der Waals surface area (Å²) < 4.78 is 0. The Morgan fingerprint density at radius 1 is 1.14 bits per heavy atom. The highest BCUT2D eigenvalue weighted by molar-refractivity contribution is 4.87. The molecule has 2 aliphatic rings. The summed E-state index contributed by atoms with van der Waals surface area (Å²) in [6.45, 7) is 8.63. The Bertz CT molecular complexity index is 181. The van der Waals surface area contributed by atoms with E-state index in [4.69, 9.17) is 0 Å². The van der Waals surface area contributed by atoms with Gasteiger partial charge in [0, 0.05) is 18.6 Å². The molecule has 0 saturated carbocycles. The van der Waals surface area contributed by atoms with Gasteiger partial charge in [0.2, 0.25) is 0 Å². The third-order valence-corrected chi connectivity index (χ3v) is 3.88. The van der Waals surface area contributed by atoms with Crippen LogP contribution in [0.25, 0.3) is 0 Å². The second-order valence-corrected chi connectivity index (χ2v) is 5.19. The minimum atomic E-state index is 0.703. The van der Waals surface area contributed by atoms with E-state index in [0.29, 0.717) is 6.04 Å². The molecule has 2 aliphatic heterocycles. The Kier molecular flexibility index (Phi) is 3.45. The Morgan fingerprint density at radius 3 is 2.71 bits per heavy atom. The summed E-state index contributed by atoms with van der Waals surface area (Å²) in [4.78, 5) is 2.73. The van der Waals surface area contributed by atoms with Crippen molar-refractivity contribution in [2.75, 3.05) is 19.6 Å². The first-order chi connectivity index (χ1) is 6.77. The normalized spacial score (nSPS) is 41.1. The lowest BCUT2D eigenvalue weighted by atomic mass is 9.93. The topological polar surface area (TPSA) is 15.3 Å². The van der Waals surface area contributed by atoms with Crippen LogP contribution in [0.2, 0.25) is 0 Å². The van der Waals surface area contributed by atoms with Gasteiger partial charge < -0.3 is 5.32 Å². The minimum absolute atomic E-state index is 0.703. The van der Waals surface area contributed by atoms with Gasteiger partial charge in [0.05, 0.1) is 0 Å². The van der Waals surface area contributed by atoms with Gasteiger partial charge in [-0.15, -0.1) is 0 Å². The number of hydrogen-bond donors (Lipinski definition) is 1. The summed E-state index contributed by atoms with van der Waals surface area (Å²) in [5.74, 6) is 0.915. The highest BCUT2D eigenvalue weighted by atomic mass is 15.2. The molecule has 0 aliphatic carbocycles. The van der Waals surface area contributed by atoms with Gasteiger partial charge in [0.15, 0.2) is 0 Å². The van der Waals surface area contributed by atoms with Crippen LogP contribution in [0.3, 0.4) is 0 Å². The maximum absolute atomic E-state index is 3.60. The molecule has 3 atom stereocenters. The van der Waals surface area contributed by atoms with Crippen molar-refractivity contribution < 1.29 is 0 Å². The average molecular weight is 196 g/mol. The van der Waals surface area contributed by atoms with Gasteiger partial charge in [0.25, 0.3) is 0 Å². The lowest BCUT2D eigenvalue weighted by Gasteiger charge is -2.42. The highest BCUT2D eigenvalue weighted by Crippen LogP contribution is 2.23. The molecule has 2 heteroatoms. The Balaban J connectivity index is 1.91. The van der Waals surface area contributed by atoms with Gasteiger partial charge in [-0.3, -0.25) is 4.90 Å². The van der Waals surface area contributed by atoms with Crippen molar-refractivity contribution in [2.45, 2.75) is 51.6 Å². The van der Waals surface area contributed by atoms with Crippen LogP contribution in [0.1, 0.15) is 39.5 Å². The van der Waals surface area contributed by atoms with Crippen LogP contribution >= 0.6 is 0 Å². The summed E-state index contributed by atoms with van der Waals surface area (Å²) in [5, 5.41) is 3.60. The van der Waals surface area contributed by atoms with Crippen molar-refractivity contribution in [3.63, 3.8) is 0 Å². The third-order valence-electron chi connectivity index (χ3n) is 3.88. The van der Waals surface area contributed by atoms with E-state index in [-0.39, 0.29) is 0 Å². The smallest absolute Gasteiger partial charge is 0.0247 e. The first kappa shape index (κ1) is 10.4. The average Bonchev–Trinajstić information content (AvgIpc) is 2.18. The molecule has 2 rings (SSSR count). The predicted octanol–water partition coefficient (Wildman–Crippen LogP) is 1.86. The van der Waals surface area contributed by atoms with Gasteiger partial charge in [-0.25, -0.2) is 0 Å². The highest BCUT2D eigenvalue weighted by Gasteiger charge is 2.29. The molecule has 0 radical (unpaired) electrons. The summed E-state index contributed by atoms with van der Waals surface area (Å²) in [5.41, 5.74) is 0. The fourth-order valence-electron chi connectivity index (χ4n) is 3.05. The quantitative estimate of drug-likeness (QED) is 0.688. The molecule has 14 heavy (non-hydrogen) atoms. The monoisotopic (exact) mass is 196 g/mol. The van der Waals surface area contributed by atoms with Gasteiger partial charge in [-0.2, -0.15) is 0 Å². The van der Waals surface area contributed by atoms with Crippen molar-refractivity contribution in [1.82, 2.24) is 10.2 Å². The van der Waals surface area contributed by atoms with E-state index in [1.54, 1.807) is 0 Å². The zero-order valence-electron chi connectivity index (χ0n) is 9.63. The number of likely N-dealkylation sites (tertiary alicyclic amines) is 1. The van der Waals surface area contributed by atoms with E-state index in [1.807, 2.05) is 0 Å². The van der Waals surface area contributed by atoms with E-state index in [1.165, 1.54) is 45.3 Å². The number of nitrogens with one attached hydrogen (secondary N) is 1. The summed E-state index contributed by atoms with van der Waals surface area (Å²) >= 11 is 0. The maximum Gasteiger partial charge on any atom is 0.0247 e. The molecule has 0 aromatic rings. The summed E-state index contributed by atoms with van der Waals surface area (Å²) in [6, 6.07) is 1.51. The van der Waals surface area contributed by atoms with Gasteiger partial charge in [-0.05, 0) is 51.6 Å². The van der Waals surface area contributed by atoms with Crippen LogP contribution in [-0.4, -0.2) is 36.6 Å².